The van der Waals surface area contributed by atoms with E-state index in [0.717, 1.165) is 19.0 Å². The molecule has 2 N–H and O–H groups in total. The lowest BCUT2D eigenvalue weighted by molar-refractivity contribution is 0.120. The molecule has 6 nitrogen and oxygen atoms in total. The molecule has 0 aliphatic carbocycles. The van der Waals surface area contributed by atoms with Crippen LogP contribution in [0.5, 0.6) is 0 Å². The molecule has 1 aliphatic rings. The molecule has 0 radical (unpaired) electrons. The third-order valence-electron chi connectivity index (χ3n) is 3.42. The predicted octanol–water partition coefficient (Wildman–Crippen LogP) is 2.58. The second kappa shape index (κ2) is 7.89. The van der Waals surface area contributed by atoms with Crippen LogP contribution in [0.15, 0.2) is 45.9 Å². The number of hydrogen-bond acceptors (Lipinski definition) is 5. The molecule has 3 rings (SSSR count). The molecule has 2 heterocycles. The number of para-hydroxylation sites is 1. The van der Waals surface area contributed by atoms with E-state index in [4.69, 9.17) is 21.4 Å². The Morgan fingerprint density at radius 1 is 1.21 bits per heavy atom. The minimum absolute atomic E-state index is 0.191. The fourth-order valence-corrected chi connectivity index (χ4v) is 2.40. The van der Waals surface area contributed by atoms with Crippen LogP contribution in [0.1, 0.15) is 5.76 Å². The number of benzene rings is 1. The fourth-order valence-electron chi connectivity index (χ4n) is 2.23. The zero-order chi connectivity index (χ0) is 16.8. The average Bonchev–Trinajstić information content (AvgIpc) is 3.07. The first kappa shape index (κ1) is 16.4. The maximum atomic E-state index is 13.5. The van der Waals surface area contributed by atoms with Crippen molar-refractivity contribution >= 4 is 35.1 Å². The normalized spacial score (nSPS) is 14.8. The highest BCUT2D eigenvalue weighted by atomic mass is 32.1. The summed E-state index contributed by atoms with van der Waals surface area (Å²) in [6.45, 7) is 3.00. The molecule has 0 saturated carbocycles. The van der Waals surface area contributed by atoms with Gasteiger partial charge in [0.2, 0.25) is 0 Å². The minimum Gasteiger partial charge on any atom is -0.440 e. The predicted molar refractivity (Wildman–Crippen MR) is 95.1 cm³/mol. The van der Waals surface area contributed by atoms with Crippen molar-refractivity contribution in [3.05, 3.63) is 48.0 Å². The first-order valence-corrected chi connectivity index (χ1v) is 7.90. The van der Waals surface area contributed by atoms with Gasteiger partial charge in [-0.25, -0.2) is 4.39 Å². The van der Waals surface area contributed by atoms with E-state index in [2.05, 4.69) is 20.7 Å². The van der Waals surface area contributed by atoms with Crippen LogP contribution in [0.25, 0.3) is 0 Å². The number of nitrogens with zero attached hydrogens (tertiary/aromatic N) is 2. The highest BCUT2D eigenvalue weighted by molar-refractivity contribution is 7.80. The van der Waals surface area contributed by atoms with E-state index in [-0.39, 0.29) is 16.6 Å². The van der Waals surface area contributed by atoms with Gasteiger partial charge in [0.05, 0.1) is 25.1 Å². The summed E-state index contributed by atoms with van der Waals surface area (Å²) in [4.78, 5) is 2.11. The third kappa shape index (κ3) is 4.30. The van der Waals surface area contributed by atoms with Crippen LogP contribution in [-0.4, -0.2) is 37.6 Å². The van der Waals surface area contributed by atoms with Crippen LogP contribution < -0.4 is 15.6 Å². The van der Waals surface area contributed by atoms with E-state index in [1.165, 1.54) is 12.3 Å². The summed E-state index contributed by atoms with van der Waals surface area (Å²) in [5, 5.41) is 6.91. The lowest BCUT2D eigenvalue weighted by Gasteiger charge is -2.26. The number of morpholine rings is 1. The molecule has 24 heavy (non-hydrogen) atoms. The van der Waals surface area contributed by atoms with Gasteiger partial charge in [-0.1, -0.05) is 12.1 Å². The zero-order valence-corrected chi connectivity index (χ0v) is 13.7. The van der Waals surface area contributed by atoms with Gasteiger partial charge in [-0.05, 0) is 30.4 Å². The standard InChI is InChI=1S/C16H17FN4O2S/c17-13-3-1-2-4-14(13)19-16(24)20-18-11-12-5-6-15(23-12)21-7-9-22-10-8-21/h1-6,11H,7-10H2,(H2,19,20,24). The van der Waals surface area contributed by atoms with Crippen molar-refractivity contribution in [2.45, 2.75) is 0 Å². The van der Waals surface area contributed by atoms with Gasteiger partial charge in [-0.2, -0.15) is 5.10 Å². The first-order valence-electron chi connectivity index (χ1n) is 7.49. The Morgan fingerprint density at radius 2 is 2.00 bits per heavy atom. The number of anilines is 2. The molecule has 2 aromatic rings. The summed E-state index contributed by atoms with van der Waals surface area (Å²) in [5.41, 5.74) is 2.91. The lowest BCUT2D eigenvalue weighted by atomic mass is 10.3. The fraction of sp³-hybridized carbons (Fsp3) is 0.250. The Balaban J connectivity index is 1.52. The Morgan fingerprint density at radius 3 is 2.79 bits per heavy atom. The van der Waals surface area contributed by atoms with Crippen LogP contribution in [0.3, 0.4) is 0 Å². The summed E-state index contributed by atoms with van der Waals surface area (Å²) in [5.74, 6) is 0.997. The Labute approximate surface area is 144 Å². The number of rotatable bonds is 4. The number of hydrazone groups is 1. The van der Waals surface area contributed by atoms with Gasteiger partial charge >= 0.3 is 0 Å². The van der Waals surface area contributed by atoms with Crippen LogP contribution in [-0.2, 0) is 4.74 Å². The molecule has 1 saturated heterocycles. The van der Waals surface area contributed by atoms with Crippen molar-refractivity contribution in [1.29, 1.82) is 0 Å². The molecule has 1 aromatic heterocycles. The van der Waals surface area contributed by atoms with Gasteiger partial charge in [0.1, 0.15) is 11.6 Å². The largest absolute Gasteiger partial charge is 0.440 e. The quantitative estimate of drug-likeness (QED) is 0.503. The summed E-state index contributed by atoms with van der Waals surface area (Å²) in [6.07, 6.45) is 1.51. The summed E-state index contributed by atoms with van der Waals surface area (Å²) in [7, 11) is 0. The Hall–Kier alpha value is -2.45. The molecule has 126 valence electrons. The van der Waals surface area contributed by atoms with Crippen molar-refractivity contribution in [3.8, 4) is 0 Å². The number of ether oxygens (including phenoxy) is 1. The van der Waals surface area contributed by atoms with E-state index >= 15 is 0 Å². The van der Waals surface area contributed by atoms with E-state index in [1.807, 2.05) is 12.1 Å². The second-order valence-corrected chi connectivity index (χ2v) is 5.49. The molecule has 0 bridgehead atoms. The topological polar surface area (TPSA) is 62.0 Å². The molecule has 0 unspecified atom stereocenters. The van der Waals surface area contributed by atoms with Crippen molar-refractivity contribution in [2.24, 2.45) is 5.10 Å². The number of nitrogens with one attached hydrogen (secondary N) is 2. The molecule has 1 aliphatic heterocycles. The first-order chi connectivity index (χ1) is 11.7. The summed E-state index contributed by atoms with van der Waals surface area (Å²) < 4.78 is 24.5. The van der Waals surface area contributed by atoms with E-state index in [1.54, 1.807) is 18.2 Å². The summed E-state index contributed by atoms with van der Waals surface area (Å²) in [6, 6.07) is 9.98. The highest BCUT2D eigenvalue weighted by Crippen LogP contribution is 2.18. The number of halogens is 1. The molecular formula is C16H17FN4O2S. The van der Waals surface area contributed by atoms with Crippen LogP contribution in [0.2, 0.25) is 0 Å². The zero-order valence-electron chi connectivity index (χ0n) is 12.9. The maximum absolute atomic E-state index is 13.5. The number of furan rings is 1. The van der Waals surface area contributed by atoms with Gasteiger partial charge in [-0.15, -0.1) is 0 Å². The van der Waals surface area contributed by atoms with Crippen LogP contribution >= 0.6 is 12.2 Å². The van der Waals surface area contributed by atoms with Gasteiger partial charge in [0.15, 0.2) is 11.0 Å². The molecule has 0 atom stereocenters. The summed E-state index contributed by atoms with van der Waals surface area (Å²) >= 11 is 5.06. The highest BCUT2D eigenvalue weighted by Gasteiger charge is 2.14. The molecule has 8 heteroatoms. The van der Waals surface area contributed by atoms with Crippen LogP contribution in [0, 0.1) is 5.82 Å². The molecular weight excluding hydrogens is 331 g/mol. The molecule has 1 aromatic carbocycles. The Bertz CT molecular complexity index is 728. The van der Waals surface area contributed by atoms with Crippen LogP contribution in [0.4, 0.5) is 16.0 Å². The third-order valence-corrected chi connectivity index (χ3v) is 3.61. The average molecular weight is 348 g/mol. The Kier molecular flexibility index (Phi) is 5.39. The van der Waals surface area contributed by atoms with Gasteiger partial charge in [0.25, 0.3) is 0 Å². The molecule has 0 spiro atoms. The SMILES string of the molecule is Fc1ccccc1NC(=S)NN=Cc1ccc(N2CCOCC2)o1. The van der Waals surface area contributed by atoms with E-state index < -0.39 is 0 Å². The van der Waals surface area contributed by atoms with Gasteiger partial charge < -0.3 is 19.4 Å². The number of hydrogen-bond donors (Lipinski definition) is 2. The molecule has 1 fully saturated rings. The van der Waals surface area contributed by atoms with E-state index in [9.17, 15) is 4.39 Å². The van der Waals surface area contributed by atoms with Gasteiger partial charge in [-0.3, -0.25) is 5.43 Å². The smallest absolute Gasteiger partial charge is 0.196 e. The van der Waals surface area contributed by atoms with Crippen molar-refractivity contribution in [3.63, 3.8) is 0 Å². The monoisotopic (exact) mass is 348 g/mol. The van der Waals surface area contributed by atoms with Crippen molar-refractivity contribution in [2.75, 3.05) is 36.5 Å². The second-order valence-electron chi connectivity index (χ2n) is 5.08. The number of thiocarbonyl (C=S) groups is 1. The van der Waals surface area contributed by atoms with Crippen molar-refractivity contribution < 1.29 is 13.5 Å². The van der Waals surface area contributed by atoms with Crippen molar-refractivity contribution in [1.82, 2.24) is 5.43 Å². The lowest BCUT2D eigenvalue weighted by Crippen LogP contribution is -2.35. The van der Waals surface area contributed by atoms with E-state index in [0.29, 0.717) is 19.0 Å². The minimum atomic E-state index is -0.383. The van der Waals surface area contributed by atoms with Gasteiger partial charge in [0, 0.05) is 19.2 Å². The molecule has 0 amide bonds. The maximum Gasteiger partial charge on any atom is 0.196 e.